The summed E-state index contributed by atoms with van der Waals surface area (Å²) in [6, 6.07) is 7.16. The highest BCUT2D eigenvalue weighted by molar-refractivity contribution is 6.36. The van der Waals surface area contributed by atoms with Gasteiger partial charge in [-0.2, -0.15) is 0 Å². The molecule has 0 aliphatic rings. The number of amides is 1. The molecule has 0 saturated heterocycles. The first-order chi connectivity index (χ1) is 9.15. The molecule has 0 saturated carbocycles. The molecule has 1 amide bonds. The maximum Gasteiger partial charge on any atom is 0.242 e. The molecule has 1 aromatic carbocycles. The minimum atomic E-state index is -0.763. The molecule has 3 nitrogen and oxygen atoms in total. The van der Waals surface area contributed by atoms with Crippen molar-refractivity contribution in [3.8, 4) is 0 Å². The molecule has 0 fully saturated rings. The number of halogens is 2. The predicted octanol–water partition coefficient (Wildman–Crippen LogP) is 3.69. The lowest BCUT2D eigenvalue weighted by Crippen LogP contribution is -2.27. The number of rotatable bonds is 4. The lowest BCUT2D eigenvalue weighted by molar-refractivity contribution is -0.120. The van der Waals surface area contributed by atoms with E-state index < -0.39 is 5.38 Å². The van der Waals surface area contributed by atoms with Crippen LogP contribution in [0.5, 0.6) is 0 Å². The van der Waals surface area contributed by atoms with Crippen LogP contribution >= 0.6 is 23.2 Å². The maximum absolute atomic E-state index is 11.9. The van der Waals surface area contributed by atoms with E-state index in [0.717, 1.165) is 11.8 Å². The lowest BCUT2D eigenvalue weighted by Gasteiger charge is -2.13. The number of nitrogens with zero attached hydrogens (tertiary/aromatic N) is 1. The van der Waals surface area contributed by atoms with E-state index in [4.69, 9.17) is 23.2 Å². The number of hydrogen-bond donors (Lipinski definition) is 1. The van der Waals surface area contributed by atoms with Crippen molar-refractivity contribution >= 4 is 40.0 Å². The summed E-state index contributed by atoms with van der Waals surface area (Å²) in [5.41, 5.74) is 1.34. The van der Waals surface area contributed by atoms with Gasteiger partial charge in [0.15, 0.2) is 0 Å². The third-order valence-electron chi connectivity index (χ3n) is 2.80. The van der Waals surface area contributed by atoms with Crippen molar-refractivity contribution in [3.63, 3.8) is 0 Å². The molecule has 1 N–H and O–H groups in total. The van der Waals surface area contributed by atoms with Gasteiger partial charge in [0, 0.05) is 28.7 Å². The number of alkyl halides is 1. The zero-order valence-corrected chi connectivity index (χ0v) is 12.0. The summed E-state index contributed by atoms with van der Waals surface area (Å²) in [6.45, 7) is 2.60. The molecule has 0 spiro atoms. The first-order valence-electron chi connectivity index (χ1n) is 6.10. The number of benzene rings is 1. The van der Waals surface area contributed by atoms with Crippen LogP contribution in [0, 0.1) is 0 Å². The summed E-state index contributed by atoms with van der Waals surface area (Å²) in [6.07, 6.45) is 2.53. The summed E-state index contributed by atoms with van der Waals surface area (Å²) < 4.78 is 0. The van der Waals surface area contributed by atoms with Crippen molar-refractivity contribution in [1.29, 1.82) is 0 Å². The average molecular weight is 297 g/mol. The molecule has 5 heteroatoms. The predicted molar refractivity (Wildman–Crippen MR) is 78.6 cm³/mol. The first-order valence-corrected chi connectivity index (χ1v) is 6.91. The van der Waals surface area contributed by atoms with Crippen LogP contribution in [-0.2, 0) is 4.79 Å². The summed E-state index contributed by atoms with van der Waals surface area (Å²) in [5, 5.41) is 3.42. The molecule has 1 aromatic heterocycles. The Bertz CT molecular complexity index is 601. The van der Waals surface area contributed by atoms with Gasteiger partial charge >= 0.3 is 0 Å². The Hall–Kier alpha value is -1.32. The molecule has 2 rings (SSSR count). The minimum Gasteiger partial charge on any atom is -0.355 e. The second-order valence-corrected chi connectivity index (χ2v) is 5.03. The molecule has 0 radical (unpaired) electrons. The van der Waals surface area contributed by atoms with Crippen LogP contribution in [0.25, 0.3) is 10.9 Å². The van der Waals surface area contributed by atoms with Crippen LogP contribution in [0.1, 0.15) is 24.3 Å². The lowest BCUT2D eigenvalue weighted by atomic mass is 10.1. The molecule has 1 unspecified atom stereocenters. The van der Waals surface area contributed by atoms with Gasteiger partial charge in [-0.15, -0.1) is 11.6 Å². The van der Waals surface area contributed by atoms with Gasteiger partial charge in [0.05, 0.1) is 5.52 Å². The molecule has 0 aliphatic heterocycles. The minimum absolute atomic E-state index is 0.210. The van der Waals surface area contributed by atoms with Gasteiger partial charge in [0.1, 0.15) is 5.38 Å². The van der Waals surface area contributed by atoms with E-state index >= 15 is 0 Å². The first kappa shape index (κ1) is 14.1. The Kier molecular flexibility index (Phi) is 4.61. The van der Waals surface area contributed by atoms with Crippen molar-refractivity contribution in [2.75, 3.05) is 6.54 Å². The highest BCUT2D eigenvalue weighted by Gasteiger charge is 2.20. The number of nitrogens with one attached hydrogen (secondary N) is 1. The summed E-state index contributed by atoms with van der Waals surface area (Å²) >= 11 is 12.3. The quantitative estimate of drug-likeness (QED) is 0.874. The number of carbonyl (C=O) groups is 1. The monoisotopic (exact) mass is 296 g/mol. The van der Waals surface area contributed by atoms with Crippen LogP contribution in [-0.4, -0.2) is 17.4 Å². The Morgan fingerprint density at radius 2 is 2.21 bits per heavy atom. The van der Waals surface area contributed by atoms with Crippen molar-refractivity contribution in [3.05, 3.63) is 41.0 Å². The molecule has 0 bridgehead atoms. The van der Waals surface area contributed by atoms with Crippen LogP contribution in [0.3, 0.4) is 0 Å². The third kappa shape index (κ3) is 2.99. The normalized spacial score (nSPS) is 12.4. The van der Waals surface area contributed by atoms with Gasteiger partial charge in [-0.05, 0) is 24.6 Å². The number of carbonyl (C=O) groups excluding carboxylic acids is 1. The van der Waals surface area contributed by atoms with Gasteiger partial charge in [0.2, 0.25) is 5.91 Å². The fraction of sp³-hybridized carbons (Fsp3) is 0.286. The smallest absolute Gasteiger partial charge is 0.242 e. The molecular formula is C14H14Cl2N2O. The van der Waals surface area contributed by atoms with Crippen LogP contribution in [0.15, 0.2) is 30.5 Å². The molecule has 1 atom stereocenters. The average Bonchev–Trinajstić information content (AvgIpc) is 2.45. The van der Waals surface area contributed by atoms with Crippen LogP contribution < -0.4 is 5.32 Å². The Morgan fingerprint density at radius 3 is 2.95 bits per heavy atom. The fourth-order valence-electron chi connectivity index (χ4n) is 1.84. The fourth-order valence-corrected chi connectivity index (χ4v) is 2.31. The number of fused-ring (bicyclic) bond motifs is 1. The van der Waals surface area contributed by atoms with Gasteiger partial charge in [-0.3, -0.25) is 9.78 Å². The summed E-state index contributed by atoms with van der Waals surface area (Å²) in [7, 11) is 0. The number of pyridine rings is 1. The standard InChI is InChI=1S/C14H14Cl2N2O/c1-2-7-18-14(19)12(16)10-5-6-11(15)9-4-3-8-17-13(9)10/h3-6,8,12H,2,7H2,1H3,(H,18,19). The van der Waals surface area contributed by atoms with Crippen LogP contribution in [0.4, 0.5) is 0 Å². The van der Waals surface area contributed by atoms with E-state index in [1.807, 2.05) is 13.0 Å². The highest BCUT2D eigenvalue weighted by atomic mass is 35.5. The van der Waals surface area contributed by atoms with Crippen molar-refractivity contribution < 1.29 is 4.79 Å². The Labute approximate surface area is 121 Å². The zero-order valence-electron chi connectivity index (χ0n) is 10.5. The van der Waals surface area contributed by atoms with Crippen molar-refractivity contribution in [2.45, 2.75) is 18.7 Å². The molecular weight excluding hydrogens is 283 g/mol. The third-order valence-corrected chi connectivity index (χ3v) is 3.56. The van der Waals surface area contributed by atoms with Crippen molar-refractivity contribution in [2.24, 2.45) is 0 Å². The van der Waals surface area contributed by atoms with E-state index in [1.54, 1.807) is 24.4 Å². The Balaban J connectivity index is 2.40. The zero-order chi connectivity index (χ0) is 13.8. The largest absolute Gasteiger partial charge is 0.355 e. The molecule has 2 aromatic rings. The van der Waals surface area contributed by atoms with E-state index in [2.05, 4.69) is 10.3 Å². The van der Waals surface area contributed by atoms with Gasteiger partial charge in [-0.1, -0.05) is 24.6 Å². The van der Waals surface area contributed by atoms with Crippen molar-refractivity contribution in [1.82, 2.24) is 10.3 Å². The van der Waals surface area contributed by atoms with Crippen LogP contribution in [0.2, 0.25) is 5.02 Å². The van der Waals surface area contributed by atoms with E-state index in [9.17, 15) is 4.79 Å². The second kappa shape index (κ2) is 6.22. The van der Waals surface area contributed by atoms with E-state index in [1.165, 1.54) is 0 Å². The molecule has 100 valence electrons. The Morgan fingerprint density at radius 1 is 1.42 bits per heavy atom. The second-order valence-electron chi connectivity index (χ2n) is 4.19. The van der Waals surface area contributed by atoms with Gasteiger partial charge < -0.3 is 5.32 Å². The highest BCUT2D eigenvalue weighted by Crippen LogP contribution is 2.31. The summed E-state index contributed by atoms with van der Waals surface area (Å²) in [5.74, 6) is -0.210. The topological polar surface area (TPSA) is 42.0 Å². The van der Waals surface area contributed by atoms with Gasteiger partial charge in [0.25, 0.3) is 0 Å². The number of hydrogen-bond acceptors (Lipinski definition) is 2. The van der Waals surface area contributed by atoms with Gasteiger partial charge in [-0.25, -0.2) is 0 Å². The molecule has 1 heterocycles. The number of aromatic nitrogens is 1. The van der Waals surface area contributed by atoms with E-state index in [-0.39, 0.29) is 5.91 Å². The van der Waals surface area contributed by atoms with E-state index in [0.29, 0.717) is 22.6 Å². The maximum atomic E-state index is 11.9. The summed E-state index contributed by atoms with van der Waals surface area (Å²) in [4.78, 5) is 16.2. The molecule has 19 heavy (non-hydrogen) atoms. The SMILES string of the molecule is CCCNC(=O)C(Cl)c1ccc(Cl)c2cccnc12. The molecule has 0 aliphatic carbocycles.